The molecule has 0 spiro atoms. The van der Waals surface area contributed by atoms with E-state index in [1.807, 2.05) is 17.0 Å². The molecule has 0 radical (unpaired) electrons. The molecular formula is C19H21N3O3. The maximum atomic E-state index is 12.4. The number of anilines is 1. The fraction of sp³-hybridized carbons (Fsp3) is 0.316. The number of ether oxygens (including phenoxy) is 1. The summed E-state index contributed by atoms with van der Waals surface area (Å²) in [7, 11) is 1.53. The Bertz CT molecular complexity index is 759. The number of hydrogen-bond acceptors (Lipinski definition) is 4. The van der Waals surface area contributed by atoms with E-state index >= 15 is 0 Å². The van der Waals surface area contributed by atoms with Gasteiger partial charge in [0.2, 0.25) is 17.7 Å². The number of amides is 2. The molecule has 3 rings (SSSR count). The molecule has 1 aromatic heterocycles. The van der Waals surface area contributed by atoms with Crippen molar-refractivity contribution in [2.45, 2.75) is 25.8 Å². The minimum Gasteiger partial charge on any atom is -0.481 e. The molecule has 130 valence electrons. The monoisotopic (exact) mass is 339 g/mol. The normalized spacial score (nSPS) is 13.1. The number of rotatable bonds is 5. The molecule has 0 fully saturated rings. The minimum absolute atomic E-state index is 0.0116. The van der Waals surface area contributed by atoms with Gasteiger partial charge in [0, 0.05) is 32.0 Å². The van der Waals surface area contributed by atoms with Gasteiger partial charge in [0.25, 0.3) is 0 Å². The van der Waals surface area contributed by atoms with Gasteiger partial charge in [0.15, 0.2) is 0 Å². The molecule has 2 heterocycles. The van der Waals surface area contributed by atoms with Crippen molar-refractivity contribution < 1.29 is 14.3 Å². The number of benzene rings is 1. The van der Waals surface area contributed by atoms with Gasteiger partial charge < -0.3 is 15.0 Å². The van der Waals surface area contributed by atoms with Crippen LogP contribution >= 0.6 is 0 Å². The number of pyridine rings is 1. The zero-order valence-electron chi connectivity index (χ0n) is 14.2. The van der Waals surface area contributed by atoms with Gasteiger partial charge in [-0.1, -0.05) is 24.3 Å². The van der Waals surface area contributed by atoms with E-state index in [1.54, 1.807) is 12.1 Å². The largest absolute Gasteiger partial charge is 0.481 e. The summed E-state index contributed by atoms with van der Waals surface area (Å²) in [5, 5.41) is 2.74. The molecule has 0 saturated carbocycles. The van der Waals surface area contributed by atoms with Crippen LogP contribution < -0.4 is 10.1 Å². The topological polar surface area (TPSA) is 71.5 Å². The summed E-state index contributed by atoms with van der Waals surface area (Å²) in [6.45, 7) is 1.33. The smallest absolute Gasteiger partial charge is 0.224 e. The number of methoxy groups -OCH3 is 1. The van der Waals surface area contributed by atoms with E-state index in [-0.39, 0.29) is 24.7 Å². The third-order valence-corrected chi connectivity index (χ3v) is 4.28. The molecule has 0 atom stereocenters. The number of carbonyl (C=O) groups excluding carboxylic acids is 2. The summed E-state index contributed by atoms with van der Waals surface area (Å²) in [6.07, 6.45) is 2.76. The highest BCUT2D eigenvalue weighted by Crippen LogP contribution is 2.19. The van der Waals surface area contributed by atoms with E-state index in [1.165, 1.54) is 24.4 Å². The minimum atomic E-state index is -0.197. The average Bonchev–Trinajstić information content (AvgIpc) is 2.66. The highest BCUT2D eigenvalue weighted by Gasteiger charge is 2.20. The predicted molar refractivity (Wildman–Crippen MR) is 94.2 cm³/mol. The van der Waals surface area contributed by atoms with Gasteiger partial charge in [-0.15, -0.1) is 0 Å². The first kappa shape index (κ1) is 17.0. The van der Waals surface area contributed by atoms with Gasteiger partial charge in [-0.25, -0.2) is 4.98 Å². The number of hydrogen-bond donors (Lipinski definition) is 1. The number of nitrogens with one attached hydrogen (secondary N) is 1. The van der Waals surface area contributed by atoms with Crippen molar-refractivity contribution in [1.29, 1.82) is 0 Å². The second-order valence-corrected chi connectivity index (χ2v) is 5.97. The van der Waals surface area contributed by atoms with Crippen LogP contribution in [0.2, 0.25) is 0 Å². The Morgan fingerprint density at radius 1 is 1.16 bits per heavy atom. The highest BCUT2D eigenvalue weighted by atomic mass is 16.5. The van der Waals surface area contributed by atoms with Gasteiger partial charge in [-0.3, -0.25) is 9.59 Å². The van der Waals surface area contributed by atoms with Crippen molar-refractivity contribution in [3.8, 4) is 5.88 Å². The molecule has 25 heavy (non-hydrogen) atoms. The summed E-state index contributed by atoms with van der Waals surface area (Å²) in [6, 6.07) is 11.6. The Morgan fingerprint density at radius 2 is 1.96 bits per heavy atom. The van der Waals surface area contributed by atoms with Crippen LogP contribution in [0.15, 0.2) is 42.6 Å². The third kappa shape index (κ3) is 4.35. The molecular weight excluding hydrogens is 318 g/mol. The molecule has 1 aliphatic rings. The van der Waals surface area contributed by atoms with Crippen molar-refractivity contribution >= 4 is 17.5 Å². The van der Waals surface area contributed by atoms with Crippen LogP contribution in [-0.2, 0) is 22.6 Å². The third-order valence-electron chi connectivity index (χ3n) is 4.28. The summed E-state index contributed by atoms with van der Waals surface area (Å²) < 4.78 is 4.97. The lowest BCUT2D eigenvalue weighted by atomic mass is 9.99. The van der Waals surface area contributed by atoms with Crippen LogP contribution in [0.25, 0.3) is 0 Å². The maximum absolute atomic E-state index is 12.4. The van der Waals surface area contributed by atoms with Crippen molar-refractivity contribution in [3.05, 3.63) is 53.7 Å². The second-order valence-electron chi connectivity index (χ2n) is 5.97. The summed E-state index contributed by atoms with van der Waals surface area (Å²) in [5.74, 6) is 0.300. The summed E-state index contributed by atoms with van der Waals surface area (Å²) in [4.78, 5) is 30.2. The van der Waals surface area contributed by atoms with Crippen molar-refractivity contribution in [1.82, 2.24) is 9.88 Å². The van der Waals surface area contributed by atoms with Crippen LogP contribution in [0.3, 0.4) is 0 Å². The molecule has 0 unspecified atom stereocenters. The van der Waals surface area contributed by atoms with E-state index in [0.717, 1.165) is 6.42 Å². The quantitative estimate of drug-likeness (QED) is 0.908. The van der Waals surface area contributed by atoms with Crippen LogP contribution in [0, 0.1) is 0 Å². The molecule has 2 amide bonds. The Hall–Kier alpha value is -2.89. The Morgan fingerprint density at radius 3 is 2.68 bits per heavy atom. The van der Waals surface area contributed by atoms with Crippen molar-refractivity contribution in [2.75, 3.05) is 19.0 Å². The van der Waals surface area contributed by atoms with E-state index in [4.69, 9.17) is 4.74 Å². The Labute approximate surface area is 146 Å². The van der Waals surface area contributed by atoms with Crippen LogP contribution in [-0.4, -0.2) is 35.4 Å². The fourth-order valence-corrected chi connectivity index (χ4v) is 2.89. The van der Waals surface area contributed by atoms with E-state index < -0.39 is 0 Å². The summed E-state index contributed by atoms with van der Waals surface area (Å²) >= 11 is 0. The van der Waals surface area contributed by atoms with Gasteiger partial charge >= 0.3 is 0 Å². The molecule has 0 aliphatic carbocycles. The number of fused-ring (bicyclic) bond motifs is 1. The lowest BCUT2D eigenvalue weighted by Crippen LogP contribution is -2.36. The van der Waals surface area contributed by atoms with Gasteiger partial charge in [-0.05, 0) is 23.6 Å². The zero-order valence-corrected chi connectivity index (χ0v) is 14.2. The first-order valence-corrected chi connectivity index (χ1v) is 8.30. The van der Waals surface area contributed by atoms with Crippen molar-refractivity contribution in [2.24, 2.45) is 0 Å². The number of carbonyl (C=O) groups is 2. The van der Waals surface area contributed by atoms with Crippen LogP contribution in [0.4, 0.5) is 5.69 Å². The summed E-state index contributed by atoms with van der Waals surface area (Å²) in [5.41, 5.74) is 3.08. The van der Waals surface area contributed by atoms with E-state index in [0.29, 0.717) is 24.7 Å². The van der Waals surface area contributed by atoms with Gasteiger partial charge in [0.05, 0.1) is 19.0 Å². The molecule has 0 saturated heterocycles. The predicted octanol–water partition coefficient (Wildman–Crippen LogP) is 2.39. The molecule has 0 bridgehead atoms. The highest BCUT2D eigenvalue weighted by molar-refractivity contribution is 5.93. The molecule has 1 aromatic carbocycles. The number of nitrogens with zero attached hydrogens (tertiary/aromatic N) is 2. The molecule has 2 aromatic rings. The van der Waals surface area contributed by atoms with Crippen LogP contribution in [0.5, 0.6) is 5.88 Å². The molecule has 6 nitrogen and oxygen atoms in total. The van der Waals surface area contributed by atoms with Crippen LogP contribution in [0.1, 0.15) is 24.0 Å². The zero-order chi connectivity index (χ0) is 17.6. The molecule has 1 N–H and O–H groups in total. The molecule has 1 aliphatic heterocycles. The standard InChI is InChI=1S/C19H21N3O3/c1-25-18-8-6-16(12-20-18)21-17(23)7-9-19(24)22-11-10-14-4-2-3-5-15(14)13-22/h2-6,8,12H,7,9-11,13H2,1H3,(H,21,23). The van der Waals surface area contributed by atoms with Crippen molar-refractivity contribution in [3.63, 3.8) is 0 Å². The maximum Gasteiger partial charge on any atom is 0.224 e. The first-order valence-electron chi connectivity index (χ1n) is 8.30. The Kier molecular flexibility index (Phi) is 5.28. The molecule has 6 heteroatoms. The Balaban J connectivity index is 1.48. The van der Waals surface area contributed by atoms with Gasteiger partial charge in [0.1, 0.15) is 0 Å². The first-order chi connectivity index (χ1) is 12.2. The van der Waals surface area contributed by atoms with E-state index in [9.17, 15) is 9.59 Å². The SMILES string of the molecule is COc1ccc(NC(=O)CCC(=O)N2CCc3ccccc3C2)cn1. The lowest BCUT2D eigenvalue weighted by Gasteiger charge is -2.28. The fourth-order valence-electron chi connectivity index (χ4n) is 2.89. The second kappa shape index (κ2) is 7.79. The average molecular weight is 339 g/mol. The lowest BCUT2D eigenvalue weighted by molar-refractivity contribution is -0.133. The van der Waals surface area contributed by atoms with Gasteiger partial charge in [-0.2, -0.15) is 0 Å². The number of aromatic nitrogens is 1. The van der Waals surface area contributed by atoms with E-state index in [2.05, 4.69) is 22.4 Å².